The monoisotopic (exact) mass is 431 g/mol. The number of hydrogen-bond donors (Lipinski definition) is 0. The molecule has 0 atom stereocenters. The van der Waals surface area contributed by atoms with E-state index in [0.29, 0.717) is 0 Å². The number of amides is 1. The van der Waals surface area contributed by atoms with Crippen molar-refractivity contribution in [1.82, 2.24) is 9.97 Å². The van der Waals surface area contributed by atoms with E-state index in [-0.39, 0.29) is 17.3 Å². The van der Waals surface area contributed by atoms with Gasteiger partial charge in [0.1, 0.15) is 5.75 Å². The van der Waals surface area contributed by atoms with Crippen molar-refractivity contribution in [2.75, 3.05) is 18.6 Å². The van der Waals surface area contributed by atoms with Gasteiger partial charge in [0.25, 0.3) is 5.91 Å². The van der Waals surface area contributed by atoms with Crippen LogP contribution in [0.4, 0.5) is 19.1 Å². The van der Waals surface area contributed by atoms with Crippen LogP contribution in [0, 0.1) is 0 Å². The van der Waals surface area contributed by atoms with Gasteiger partial charge in [-0.15, -0.1) is 11.8 Å². The third kappa shape index (κ3) is 4.11. The third-order valence-electron chi connectivity index (χ3n) is 4.49. The Labute approximate surface area is 174 Å². The second kappa shape index (κ2) is 7.98. The number of halogens is 3. The van der Waals surface area contributed by atoms with Crippen LogP contribution in [-0.4, -0.2) is 35.7 Å². The molecule has 30 heavy (non-hydrogen) atoms. The fraction of sp³-hybridized carbons (Fsp3) is 0.190. The van der Waals surface area contributed by atoms with E-state index in [2.05, 4.69) is 9.97 Å². The topological polar surface area (TPSA) is 55.3 Å². The fourth-order valence-corrected chi connectivity index (χ4v) is 4.06. The average molecular weight is 431 g/mol. The maximum absolute atomic E-state index is 13.0. The van der Waals surface area contributed by atoms with Gasteiger partial charge < -0.3 is 4.74 Å². The number of anilines is 1. The zero-order chi connectivity index (χ0) is 21.3. The molecule has 1 aromatic heterocycles. The number of nitrogens with zero attached hydrogens (tertiary/aromatic N) is 3. The quantitative estimate of drug-likeness (QED) is 0.584. The van der Waals surface area contributed by atoms with Gasteiger partial charge in [-0.25, -0.2) is 9.97 Å². The number of carbonyl (C=O) groups is 1. The smallest absolute Gasteiger partial charge is 0.422 e. The zero-order valence-electron chi connectivity index (χ0n) is 15.8. The molecule has 0 saturated carbocycles. The molecule has 2 heterocycles. The van der Waals surface area contributed by atoms with E-state index in [4.69, 9.17) is 4.74 Å². The summed E-state index contributed by atoms with van der Waals surface area (Å²) in [4.78, 5) is 24.1. The van der Waals surface area contributed by atoms with E-state index in [0.717, 1.165) is 27.5 Å². The van der Waals surface area contributed by atoms with Gasteiger partial charge in [0, 0.05) is 35.0 Å². The number of hydrogen-bond acceptors (Lipinski definition) is 5. The highest BCUT2D eigenvalue weighted by atomic mass is 32.2. The molecule has 0 spiro atoms. The Hall–Kier alpha value is -3.07. The van der Waals surface area contributed by atoms with Crippen molar-refractivity contribution in [1.29, 1.82) is 0 Å². The van der Waals surface area contributed by atoms with E-state index in [9.17, 15) is 18.0 Å². The lowest BCUT2D eigenvalue weighted by Gasteiger charge is -2.22. The molecule has 5 nitrogen and oxygen atoms in total. The highest BCUT2D eigenvalue weighted by Crippen LogP contribution is 2.40. The number of thioether (sulfide) groups is 1. The van der Waals surface area contributed by atoms with Gasteiger partial charge in [-0.3, -0.25) is 9.69 Å². The van der Waals surface area contributed by atoms with Gasteiger partial charge in [-0.05, 0) is 18.2 Å². The molecule has 1 aliphatic rings. The molecule has 0 fully saturated rings. The van der Waals surface area contributed by atoms with Crippen molar-refractivity contribution in [3.05, 3.63) is 65.9 Å². The molecule has 3 aromatic rings. The zero-order valence-corrected chi connectivity index (χ0v) is 16.6. The van der Waals surface area contributed by atoms with Crippen LogP contribution in [0.2, 0.25) is 0 Å². The normalized spacial score (nSPS) is 12.7. The molecule has 154 valence electrons. The molecule has 9 heteroatoms. The first-order valence-electron chi connectivity index (χ1n) is 8.98. The van der Waals surface area contributed by atoms with E-state index in [1.165, 1.54) is 30.1 Å². The van der Waals surface area contributed by atoms with E-state index < -0.39 is 18.7 Å². The first kappa shape index (κ1) is 20.2. The molecule has 1 aliphatic heterocycles. The maximum atomic E-state index is 13.0. The van der Waals surface area contributed by atoms with E-state index in [1.54, 1.807) is 24.0 Å². The molecule has 0 unspecified atom stereocenters. The summed E-state index contributed by atoms with van der Waals surface area (Å²) in [5.41, 5.74) is 2.66. The Morgan fingerprint density at radius 3 is 2.70 bits per heavy atom. The first-order chi connectivity index (χ1) is 14.3. The van der Waals surface area contributed by atoms with E-state index >= 15 is 0 Å². The minimum Gasteiger partial charge on any atom is -0.483 e. The van der Waals surface area contributed by atoms with Crippen LogP contribution in [0.1, 0.15) is 15.9 Å². The van der Waals surface area contributed by atoms with Crippen LogP contribution in [0.5, 0.6) is 5.75 Å². The van der Waals surface area contributed by atoms with Gasteiger partial charge in [0.2, 0.25) is 5.95 Å². The molecule has 0 N–H and O–H groups in total. The third-order valence-corrected chi connectivity index (χ3v) is 5.61. The summed E-state index contributed by atoms with van der Waals surface area (Å²) >= 11 is 1.69. The summed E-state index contributed by atoms with van der Waals surface area (Å²) in [6, 6.07) is 13.6. The molecule has 0 saturated heterocycles. The summed E-state index contributed by atoms with van der Waals surface area (Å²) < 4.78 is 42.4. The Kier molecular flexibility index (Phi) is 5.38. The number of carbonyl (C=O) groups excluding carboxylic acids is 1. The van der Waals surface area contributed by atoms with Gasteiger partial charge in [0.05, 0.1) is 11.3 Å². The molecule has 0 bridgehead atoms. The summed E-state index contributed by atoms with van der Waals surface area (Å²) in [7, 11) is 1.48. The summed E-state index contributed by atoms with van der Waals surface area (Å²) in [5, 5.41) is 0. The Morgan fingerprint density at radius 2 is 1.90 bits per heavy atom. The number of rotatable bonds is 4. The largest absolute Gasteiger partial charge is 0.483 e. The van der Waals surface area contributed by atoms with Crippen molar-refractivity contribution >= 4 is 23.6 Å². The van der Waals surface area contributed by atoms with Crippen molar-refractivity contribution in [3.8, 4) is 17.0 Å². The number of aromatic nitrogens is 2. The number of ether oxygens (including phenoxy) is 1. The van der Waals surface area contributed by atoms with Crippen molar-refractivity contribution < 1.29 is 22.7 Å². The molecule has 1 amide bonds. The van der Waals surface area contributed by atoms with Gasteiger partial charge in [-0.2, -0.15) is 13.2 Å². The SMILES string of the molecule is CN(C(=O)c1ccccc1OCC(F)(F)F)c1ncc2c(n1)-c1ccccc1SC2. The highest BCUT2D eigenvalue weighted by molar-refractivity contribution is 7.98. The minimum absolute atomic E-state index is 0.00141. The Morgan fingerprint density at radius 1 is 1.17 bits per heavy atom. The number of fused-ring (bicyclic) bond motifs is 3. The first-order valence-corrected chi connectivity index (χ1v) is 9.97. The van der Waals surface area contributed by atoms with Gasteiger partial charge >= 0.3 is 6.18 Å². The molecular weight excluding hydrogens is 415 g/mol. The van der Waals surface area contributed by atoms with E-state index in [1.807, 2.05) is 24.3 Å². The lowest BCUT2D eigenvalue weighted by atomic mass is 10.1. The number of alkyl halides is 3. The van der Waals surface area contributed by atoms with Gasteiger partial charge in [0.15, 0.2) is 6.61 Å². The van der Waals surface area contributed by atoms with Crippen LogP contribution in [0.15, 0.2) is 59.6 Å². The molecule has 2 aromatic carbocycles. The fourth-order valence-electron chi connectivity index (χ4n) is 3.04. The number of para-hydroxylation sites is 1. The lowest BCUT2D eigenvalue weighted by Crippen LogP contribution is -2.29. The summed E-state index contributed by atoms with van der Waals surface area (Å²) in [6.45, 7) is -1.48. The van der Waals surface area contributed by atoms with Crippen LogP contribution in [0.25, 0.3) is 11.3 Å². The Bertz CT molecular complexity index is 1100. The van der Waals surface area contributed by atoms with Crippen molar-refractivity contribution in [2.45, 2.75) is 16.8 Å². The molecule has 0 aliphatic carbocycles. The minimum atomic E-state index is -4.50. The maximum Gasteiger partial charge on any atom is 0.422 e. The van der Waals surface area contributed by atoms with Crippen molar-refractivity contribution in [2.24, 2.45) is 0 Å². The number of benzene rings is 2. The van der Waals surface area contributed by atoms with Crippen LogP contribution in [0.3, 0.4) is 0 Å². The predicted molar refractivity (Wildman–Crippen MR) is 108 cm³/mol. The second-order valence-electron chi connectivity index (χ2n) is 6.59. The summed E-state index contributed by atoms with van der Waals surface area (Å²) in [6.07, 6.45) is -2.83. The molecular formula is C21H16F3N3O2S. The summed E-state index contributed by atoms with van der Waals surface area (Å²) in [5.74, 6) is 0.168. The standard InChI is InChI=1S/C21H16F3N3O2S/c1-27(19(28)14-6-2-4-8-16(14)29-12-21(22,23)24)20-25-10-13-11-30-17-9-5-3-7-15(17)18(13)26-20/h2-10H,11-12H2,1H3. The predicted octanol–water partition coefficient (Wildman–Crippen LogP) is 4.97. The second-order valence-corrected chi connectivity index (χ2v) is 7.61. The average Bonchev–Trinajstić information content (AvgIpc) is 2.76. The van der Waals surface area contributed by atoms with Gasteiger partial charge in [-0.1, -0.05) is 30.3 Å². The molecule has 0 radical (unpaired) electrons. The van der Waals surface area contributed by atoms with Crippen LogP contribution >= 0.6 is 11.8 Å². The highest BCUT2D eigenvalue weighted by Gasteiger charge is 2.30. The van der Waals surface area contributed by atoms with Crippen LogP contribution < -0.4 is 9.64 Å². The van der Waals surface area contributed by atoms with Crippen LogP contribution in [-0.2, 0) is 5.75 Å². The van der Waals surface area contributed by atoms with Crippen molar-refractivity contribution in [3.63, 3.8) is 0 Å². The molecule has 4 rings (SSSR count). The lowest BCUT2D eigenvalue weighted by molar-refractivity contribution is -0.153. The Balaban J connectivity index is 1.64.